The molecule has 0 bridgehead atoms. The van der Waals surface area contributed by atoms with Crippen LogP contribution in [0.3, 0.4) is 0 Å². The monoisotopic (exact) mass is 381 g/mol. The summed E-state index contributed by atoms with van der Waals surface area (Å²) < 4.78 is 15.5. The molecule has 0 unspecified atom stereocenters. The summed E-state index contributed by atoms with van der Waals surface area (Å²) in [6.45, 7) is 0. The summed E-state index contributed by atoms with van der Waals surface area (Å²) in [6, 6.07) is 13.9. The molecule has 0 spiro atoms. The molecule has 1 heterocycles. The average Bonchev–Trinajstić information content (AvgIpc) is 3.24. The number of nitro groups is 1. The van der Waals surface area contributed by atoms with E-state index in [1.54, 1.807) is 36.4 Å². The molecule has 1 aromatic heterocycles. The highest BCUT2D eigenvalue weighted by Gasteiger charge is 2.14. The van der Waals surface area contributed by atoms with Crippen LogP contribution in [0, 0.1) is 10.1 Å². The Balaban J connectivity index is 1.69. The largest absolute Gasteiger partial charge is 0.493 e. The van der Waals surface area contributed by atoms with E-state index >= 15 is 0 Å². The standard InChI is InChI=1S/C19H15N3O6/c1-26-18-10-13(7-8-16(18)28-19(23)17-6-3-9-27-17)12-20-21-14-4-2-5-15(11-14)22(24)25/h2-12,21H,1H3/b20-12-. The number of nitrogens with one attached hydrogen (secondary N) is 1. The number of nitro benzene ring substituents is 1. The highest BCUT2D eigenvalue weighted by atomic mass is 16.6. The minimum absolute atomic E-state index is 0.0374. The lowest BCUT2D eigenvalue weighted by molar-refractivity contribution is -0.384. The first-order valence-electron chi connectivity index (χ1n) is 8.04. The molecule has 3 aromatic rings. The molecular weight excluding hydrogens is 366 g/mol. The zero-order chi connectivity index (χ0) is 19.9. The van der Waals surface area contributed by atoms with Crippen molar-refractivity contribution in [1.82, 2.24) is 0 Å². The third-order valence-corrected chi connectivity index (χ3v) is 3.58. The third kappa shape index (κ3) is 4.52. The number of carbonyl (C=O) groups is 1. The van der Waals surface area contributed by atoms with Crippen LogP contribution >= 0.6 is 0 Å². The number of hydrogen-bond donors (Lipinski definition) is 1. The van der Waals surface area contributed by atoms with Gasteiger partial charge in [-0.2, -0.15) is 5.10 Å². The van der Waals surface area contributed by atoms with Crippen molar-refractivity contribution in [1.29, 1.82) is 0 Å². The predicted molar refractivity (Wildman–Crippen MR) is 101 cm³/mol. The molecule has 0 aliphatic heterocycles. The number of esters is 1. The van der Waals surface area contributed by atoms with Crippen LogP contribution in [-0.2, 0) is 0 Å². The molecule has 0 radical (unpaired) electrons. The summed E-state index contributed by atoms with van der Waals surface area (Å²) in [4.78, 5) is 22.3. The number of hydrogen-bond acceptors (Lipinski definition) is 8. The van der Waals surface area contributed by atoms with Gasteiger partial charge in [0, 0.05) is 12.1 Å². The summed E-state index contributed by atoms with van der Waals surface area (Å²) in [6.07, 6.45) is 2.88. The van der Waals surface area contributed by atoms with Crippen molar-refractivity contribution in [2.75, 3.05) is 12.5 Å². The quantitative estimate of drug-likeness (QED) is 0.217. The Morgan fingerprint density at radius 2 is 2.04 bits per heavy atom. The normalized spacial score (nSPS) is 10.6. The fourth-order valence-electron chi connectivity index (χ4n) is 2.26. The minimum atomic E-state index is -0.642. The number of carbonyl (C=O) groups excluding carboxylic acids is 1. The van der Waals surface area contributed by atoms with Crippen LogP contribution in [0.25, 0.3) is 0 Å². The van der Waals surface area contributed by atoms with Crippen molar-refractivity contribution in [2.24, 2.45) is 5.10 Å². The molecule has 2 aromatic carbocycles. The van der Waals surface area contributed by atoms with E-state index in [4.69, 9.17) is 13.9 Å². The molecule has 0 aliphatic carbocycles. The first-order valence-corrected chi connectivity index (χ1v) is 8.04. The Kier molecular flexibility index (Phi) is 5.66. The third-order valence-electron chi connectivity index (χ3n) is 3.58. The van der Waals surface area contributed by atoms with E-state index < -0.39 is 10.9 Å². The van der Waals surface area contributed by atoms with E-state index in [2.05, 4.69) is 10.5 Å². The van der Waals surface area contributed by atoms with Gasteiger partial charge >= 0.3 is 5.97 Å². The molecule has 0 atom stereocenters. The van der Waals surface area contributed by atoms with Crippen molar-refractivity contribution in [3.8, 4) is 11.5 Å². The fourth-order valence-corrected chi connectivity index (χ4v) is 2.26. The number of non-ortho nitro benzene ring substituents is 1. The Morgan fingerprint density at radius 3 is 2.75 bits per heavy atom. The highest BCUT2D eigenvalue weighted by Crippen LogP contribution is 2.28. The minimum Gasteiger partial charge on any atom is -0.493 e. The molecule has 9 heteroatoms. The van der Waals surface area contributed by atoms with Gasteiger partial charge in [-0.1, -0.05) is 6.07 Å². The van der Waals surface area contributed by atoms with E-state index in [1.807, 2.05) is 0 Å². The van der Waals surface area contributed by atoms with Crippen LogP contribution in [0.1, 0.15) is 16.1 Å². The zero-order valence-corrected chi connectivity index (χ0v) is 14.7. The van der Waals surface area contributed by atoms with Crippen LogP contribution in [0.15, 0.2) is 70.4 Å². The highest BCUT2D eigenvalue weighted by molar-refractivity contribution is 5.89. The maximum absolute atomic E-state index is 12.0. The van der Waals surface area contributed by atoms with Crippen LogP contribution in [0.5, 0.6) is 11.5 Å². The van der Waals surface area contributed by atoms with Gasteiger partial charge in [-0.3, -0.25) is 15.5 Å². The summed E-state index contributed by atoms with van der Waals surface area (Å²) in [7, 11) is 1.45. The molecule has 1 N–H and O–H groups in total. The van der Waals surface area contributed by atoms with E-state index in [0.717, 1.165) is 0 Å². The molecule has 0 aliphatic rings. The number of hydrazone groups is 1. The topological polar surface area (TPSA) is 116 Å². The van der Waals surface area contributed by atoms with E-state index in [0.29, 0.717) is 17.0 Å². The van der Waals surface area contributed by atoms with Crippen molar-refractivity contribution in [3.63, 3.8) is 0 Å². The lowest BCUT2D eigenvalue weighted by Crippen LogP contribution is -2.08. The molecule has 0 saturated carbocycles. The van der Waals surface area contributed by atoms with Gasteiger partial charge in [0.15, 0.2) is 11.5 Å². The van der Waals surface area contributed by atoms with Gasteiger partial charge in [-0.15, -0.1) is 0 Å². The SMILES string of the molecule is COc1cc(/C=N\Nc2cccc([N+](=O)[O-])c2)ccc1OC(=O)c1ccco1. The second-order valence-corrected chi connectivity index (χ2v) is 5.45. The number of rotatable bonds is 7. The maximum Gasteiger partial charge on any atom is 0.379 e. The lowest BCUT2D eigenvalue weighted by Gasteiger charge is -2.09. The van der Waals surface area contributed by atoms with Crippen molar-refractivity contribution in [2.45, 2.75) is 0 Å². The average molecular weight is 381 g/mol. The van der Waals surface area contributed by atoms with Crippen LogP contribution in [-0.4, -0.2) is 24.2 Å². The number of benzene rings is 2. The van der Waals surface area contributed by atoms with Gasteiger partial charge in [0.1, 0.15) is 0 Å². The van der Waals surface area contributed by atoms with E-state index in [-0.39, 0.29) is 17.2 Å². The van der Waals surface area contributed by atoms with Gasteiger partial charge in [0.2, 0.25) is 5.76 Å². The number of anilines is 1. The molecule has 9 nitrogen and oxygen atoms in total. The molecule has 142 valence electrons. The van der Waals surface area contributed by atoms with Crippen molar-refractivity contribution < 1.29 is 23.6 Å². The molecule has 28 heavy (non-hydrogen) atoms. The summed E-state index contributed by atoms with van der Waals surface area (Å²) >= 11 is 0. The number of ether oxygens (including phenoxy) is 2. The Bertz CT molecular complexity index is 1010. The number of methoxy groups -OCH3 is 1. The second-order valence-electron chi connectivity index (χ2n) is 5.45. The predicted octanol–water partition coefficient (Wildman–Crippen LogP) is 3.86. The molecule has 0 amide bonds. The Labute approximate surface area is 159 Å². The fraction of sp³-hybridized carbons (Fsp3) is 0.0526. The summed E-state index contributed by atoms with van der Waals surface area (Å²) in [5.41, 5.74) is 3.81. The smallest absolute Gasteiger partial charge is 0.379 e. The van der Waals surface area contributed by atoms with Crippen LogP contribution in [0.2, 0.25) is 0 Å². The Morgan fingerprint density at radius 1 is 1.18 bits per heavy atom. The van der Waals surface area contributed by atoms with Gasteiger partial charge in [0.05, 0.1) is 30.2 Å². The molecule has 3 rings (SSSR count). The molecular formula is C19H15N3O6. The molecule has 0 fully saturated rings. The summed E-state index contributed by atoms with van der Waals surface area (Å²) in [5.74, 6) is -0.00204. The number of furan rings is 1. The van der Waals surface area contributed by atoms with Crippen molar-refractivity contribution in [3.05, 3.63) is 82.3 Å². The first-order chi connectivity index (χ1) is 13.6. The van der Waals surface area contributed by atoms with Gasteiger partial charge < -0.3 is 13.9 Å². The van der Waals surface area contributed by atoms with Crippen LogP contribution < -0.4 is 14.9 Å². The van der Waals surface area contributed by atoms with Crippen molar-refractivity contribution >= 4 is 23.6 Å². The Hall–Kier alpha value is -4.14. The lowest BCUT2D eigenvalue weighted by atomic mass is 10.2. The molecule has 0 saturated heterocycles. The number of nitrogens with zero attached hydrogens (tertiary/aromatic N) is 2. The van der Waals surface area contributed by atoms with E-state index in [1.165, 1.54) is 37.8 Å². The van der Waals surface area contributed by atoms with Gasteiger partial charge in [-0.05, 0) is 42.0 Å². The van der Waals surface area contributed by atoms with Gasteiger partial charge in [0.25, 0.3) is 5.69 Å². The second kappa shape index (κ2) is 8.49. The van der Waals surface area contributed by atoms with Gasteiger partial charge in [-0.25, -0.2) is 4.79 Å². The van der Waals surface area contributed by atoms with E-state index in [9.17, 15) is 14.9 Å². The zero-order valence-electron chi connectivity index (χ0n) is 14.7. The first kappa shape index (κ1) is 18.6. The van der Waals surface area contributed by atoms with Crippen LogP contribution in [0.4, 0.5) is 11.4 Å². The summed E-state index contributed by atoms with van der Waals surface area (Å²) in [5, 5.41) is 14.8. The maximum atomic E-state index is 12.0.